The fourth-order valence-electron chi connectivity index (χ4n) is 1.14. The molecule has 0 aliphatic heterocycles. The molecule has 110 valence electrons. The molecule has 0 aromatic carbocycles. The van der Waals surface area contributed by atoms with Crippen molar-refractivity contribution in [2.45, 2.75) is 52.1 Å². The molecule has 0 fully saturated rings. The van der Waals surface area contributed by atoms with Gasteiger partial charge in [0.05, 0.1) is 13.0 Å². The monoisotopic (exact) mass is 291 g/mol. The Kier molecular flexibility index (Phi) is 8.22. The van der Waals surface area contributed by atoms with Crippen LogP contribution in [0.4, 0.5) is 0 Å². The highest BCUT2D eigenvalue weighted by molar-refractivity contribution is 7.78. The number of amides is 1. The first-order valence-corrected chi connectivity index (χ1v) is 6.49. The van der Waals surface area contributed by atoms with Crippen molar-refractivity contribution in [2.75, 3.05) is 6.61 Å². The van der Waals surface area contributed by atoms with Gasteiger partial charge in [-0.05, 0) is 27.2 Å². The molecule has 19 heavy (non-hydrogen) atoms. The van der Waals surface area contributed by atoms with E-state index >= 15 is 0 Å². The number of carbonyl (C=O) groups is 3. The fraction of sp³-hybridized carbons (Fsp3) is 0.750. The van der Waals surface area contributed by atoms with Crippen LogP contribution in [0.3, 0.4) is 0 Å². The highest BCUT2D eigenvalue weighted by Crippen LogP contribution is 2.09. The Morgan fingerprint density at radius 1 is 1.05 bits per heavy atom. The predicted octanol–water partition coefficient (Wildman–Crippen LogP) is 1.39. The van der Waals surface area contributed by atoms with Crippen molar-refractivity contribution in [1.82, 2.24) is 4.72 Å². The van der Waals surface area contributed by atoms with Crippen molar-refractivity contribution >= 4 is 30.7 Å². The highest BCUT2D eigenvalue weighted by atomic mass is 32.1. The number of ether oxygens (including phenoxy) is 2. The zero-order valence-corrected chi connectivity index (χ0v) is 12.4. The van der Waals surface area contributed by atoms with Gasteiger partial charge in [-0.15, -0.1) is 0 Å². The molecule has 0 aliphatic rings. The van der Waals surface area contributed by atoms with Gasteiger partial charge in [-0.3, -0.25) is 14.4 Å². The highest BCUT2D eigenvalue weighted by Gasteiger charge is 2.15. The zero-order chi connectivity index (χ0) is 14.9. The van der Waals surface area contributed by atoms with E-state index in [0.717, 1.165) is 0 Å². The molecule has 0 aromatic heterocycles. The minimum atomic E-state index is -0.506. The molecule has 0 saturated heterocycles. The van der Waals surface area contributed by atoms with Gasteiger partial charge in [0.25, 0.3) is 0 Å². The standard InChI is InChI=1S/C12H21NO5S/c1-12(2,3)18-11(16)5-4-8-17-10(15)7-6-9(14)13-19/h19H,4-8H2,1-3H3,(H,13,14). The largest absolute Gasteiger partial charge is 0.466 e. The second-order valence-electron chi connectivity index (χ2n) is 4.95. The third kappa shape index (κ3) is 11.6. The number of carbonyl (C=O) groups excluding carboxylic acids is 3. The summed E-state index contributed by atoms with van der Waals surface area (Å²) in [6.45, 7) is 5.51. The van der Waals surface area contributed by atoms with Crippen molar-refractivity contribution in [1.29, 1.82) is 0 Å². The summed E-state index contributed by atoms with van der Waals surface area (Å²) in [5.74, 6) is -1.13. The van der Waals surface area contributed by atoms with Crippen LogP contribution in [-0.2, 0) is 23.9 Å². The van der Waals surface area contributed by atoms with Crippen LogP contribution in [0, 0.1) is 0 Å². The lowest BCUT2D eigenvalue weighted by atomic mass is 10.2. The Bertz CT molecular complexity index is 325. The molecule has 0 bridgehead atoms. The Balaban J connectivity index is 3.61. The van der Waals surface area contributed by atoms with Crippen LogP contribution in [0.1, 0.15) is 46.5 Å². The predicted molar refractivity (Wildman–Crippen MR) is 72.4 cm³/mol. The zero-order valence-electron chi connectivity index (χ0n) is 11.5. The molecule has 0 rings (SSSR count). The van der Waals surface area contributed by atoms with Gasteiger partial charge >= 0.3 is 11.9 Å². The van der Waals surface area contributed by atoms with Crippen LogP contribution in [0.15, 0.2) is 0 Å². The Labute approximate surface area is 118 Å². The van der Waals surface area contributed by atoms with Crippen LogP contribution in [0.5, 0.6) is 0 Å². The molecule has 0 unspecified atom stereocenters. The second kappa shape index (κ2) is 8.79. The van der Waals surface area contributed by atoms with Gasteiger partial charge in [-0.2, -0.15) is 0 Å². The molecule has 0 spiro atoms. The van der Waals surface area contributed by atoms with Crippen LogP contribution < -0.4 is 4.72 Å². The first-order valence-electron chi connectivity index (χ1n) is 6.05. The van der Waals surface area contributed by atoms with E-state index in [-0.39, 0.29) is 37.7 Å². The second-order valence-corrected chi connectivity index (χ2v) is 5.17. The molecule has 1 amide bonds. The van der Waals surface area contributed by atoms with Gasteiger partial charge in [-0.1, -0.05) is 12.8 Å². The summed E-state index contributed by atoms with van der Waals surface area (Å²) in [6, 6.07) is 0. The van der Waals surface area contributed by atoms with Crippen LogP contribution >= 0.6 is 12.8 Å². The van der Waals surface area contributed by atoms with Crippen LogP contribution in [0.2, 0.25) is 0 Å². The quantitative estimate of drug-likeness (QED) is 0.421. The minimum Gasteiger partial charge on any atom is -0.466 e. The molecule has 0 radical (unpaired) electrons. The third-order valence-corrected chi connectivity index (χ3v) is 2.14. The van der Waals surface area contributed by atoms with E-state index in [1.165, 1.54) is 0 Å². The molecule has 7 heteroatoms. The van der Waals surface area contributed by atoms with E-state index < -0.39 is 11.6 Å². The van der Waals surface area contributed by atoms with Gasteiger partial charge in [0.2, 0.25) is 5.91 Å². The van der Waals surface area contributed by atoms with E-state index in [1.807, 2.05) is 0 Å². The van der Waals surface area contributed by atoms with E-state index in [0.29, 0.717) is 6.42 Å². The molecule has 0 saturated carbocycles. The summed E-state index contributed by atoms with van der Waals surface area (Å²) in [5.41, 5.74) is -0.506. The maximum atomic E-state index is 11.3. The van der Waals surface area contributed by atoms with Gasteiger partial charge in [-0.25, -0.2) is 0 Å². The van der Waals surface area contributed by atoms with Gasteiger partial charge in [0, 0.05) is 12.8 Å². The third-order valence-electron chi connectivity index (χ3n) is 1.89. The Morgan fingerprint density at radius 2 is 1.68 bits per heavy atom. The summed E-state index contributed by atoms with van der Waals surface area (Å²) >= 11 is 3.56. The van der Waals surface area contributed by atoms with Crippen LogP contribution in [0.25, 0.3) is 0 Å². The van der Waals surface area contributed by atoms with Gasteiger partial charge < -0.3 is 14.2 Å². The lowest BCUT2D eigenvalue weighted by molar-refractivity contribution is -0.156. The molecular formula is C12H21NO5S. The average Bonchev–Trinajstić information content (AvgIpc) is 2.29. The summed E-state index contributed by atoms with van der Waals surface area (Å²) in [7, 11) is 0. The van der Waals surface area contributed by atoms with Crippen molar-refractivity contribution in [3.63, 3.8) is 0 Å². The first kappa shape index (κ1) is 17.8. The van der Waals surface area contributed by atoms with E-state index in [1.54, 1.807) is 20.8 Å². The minimum absolute atomic E-state index is 0.00116. The molecule has 0 aromatic rings. The Hall–Kier alpha value is -1.24. The van der Waals surface area contributed by atoms with E-state index in [4.69, 9.17) is 9.47 Å². The number of nitrogens with one attached hydrogen (secondary N) is 1. The first-order chi connectivity index (χ1) is 8.74. The number of hydrogen-bond acceptors (Lipinski definition) is 6. The lowest BCUT2D eigenvalue weighted by Crippen LogP contribution is -2.24. The normalized spacial score (nSPS) is 10.7. The molecule has 0 atom stereocenters. The van der Waals surface area contributed by atoms with E-state index in [2.05, 4.69) is 17.5 Å². The van der Waals surface area contributed by atoms with Crippen molar-refractivity contribution in [2.24, 2.45) is 0 Å². The van der Waals surface area contributed by atoms with Crippen LogP contribution in [-0.4, -0.2) is 30.1 Å². The fourth-order valence-corrected chi connectivity index (χ4v) is 1.25. The SMILES string of the molecule is CC(C)(C)OC(=O)CCCOC(=O)CCC(=O)NS. The molecule has 0 heterocycles. The molecule has 1 N–H and O–H groups in total. The average molecular weight is 291 g/mol. The van der Waals surface area contributed by atoms with Gasteiger partial charge in [0.1, 0.15) is 5.60 Å². The number of thiol groups is 1. The number of rotatable bonds is 7. The Morgan fingerprint density at radius 3 is 2.21 bits per heavy atom. The summed E-state index contributed by atoms with van der Waals surface area (Å²) < 4.78 is 12.1. The van der Waals surface area contributed by atoms with Crippen molar-refractivity contribution in [3.8, 4) is 0 Å². The number of esters is 2. The van der Waals surface area contributed by atoms with Crippen molar-refractivity contribution < 1.29 is 23.9 Å². The summed E-state index contributed by atoms with van der Waals surface area (Å²) in [5, 5.41) is 0. The lowest BCUT2D eigenvalue weighted by Gasteiger charge is -2.19. The molecule has 6 nitrogen and oxygen atoms in total. The smallest absolute Gasteiger partial charge is 0.306 e. The maximum absolute atomic E-state index is 11.3. The molecular weight excluding hydrogens is 270 g/mol. The molecule has 0 aliphatic carbocycles. The summed E-state index contributed by atoms with van der Waals surface area (Å²) in [4.78, 5) is 33.3. The topological polar surface area (TPSA) is 81.7 Å². The summed E-state index contributed by atoms with van der Waals surface area (Å²) in [6.07, 6.45) is 0.633. The van der Waals surface area contributed by atoms with Crippen molar-refractivity contribution in [3.05, 3.63) is 0 Å². The number of hydrogen-bond donors (Lipinski definition) is 2. The van der Waals surface area contributed by atoms with E-state index in [9.17, 15) is 14.4 Å². The van der Waals surface area contributed by atoms with Gasteiger partial charge in [0.15, 0.2) is 0 Å². The maximum Gasteiger partial charge on any atom is 0.306 e.